The van der Waals surface area contributed by atoms with Gasteiger partial charge in [0.25, 0.3) is 0 Å². The van der Waals surface area contributed by atoms with Crippen molar-refractivity contribution in [3.05, 3.63) is 0 Å². The second kappa shape index (κ2) is 12.9. The van der Waals surface area contributed by atoms with Gasteiger partial charge in [-0.05, 0) is 6.42 Å². The Hall–Kier alpha value is -0.200. The number of aliphatic hydroxyl groups excluding tert-OH is 1. The molecule has 0 aromatic rings. The fourth-order valence-corrected chi connectivity index (χ4v) is 1.09. The Morgan fingerprint density at radius 3 is 2.56 bits per heavy atom. The summed E-state index contributed by atoms with van der Waals surface area (Å²) in [4.78, 5) is 0. The van der Waals surface area contributed by atoms with Crippen molar-refractivity contribution < 1.29 is 19.3 Å². The van der Waals surface area contributed by atoms with Gasteiger partial charge in [0.2, 0.25) is 0 Å². The molecule has 0 rings (SSSR count). The predicted octanol–water partition coefficient (Wildman–Crippen LogP) is 0.0265. The van der Waals surface area contributed by atoms with E-state index < -0.39 is 6.10 Å². The van der Waals surface area contributed by atoms with Crippen molar-refractivity contribution >= 4 is 0 Å². The van der Waals surface area contributed by atoms with Crippen molar-refractivity contribution in [2.75, 3.05) is 53.2 Å². The minimum Gasteiger partial charge on any atom is -0.389 e. The lowest BCUT2D eigenvalue weighted by molar-refractivity contribution is 0.00414. The van der Waals surface area contributed by atoms with E-state index in [-0.39, 0.29) is 0 Å². The normalized spacial score (nSPS) is 12.9. The number of rotatable bonds is 12. The van der Waals surface area contributed by atoms with Gasteiger partial charge < -0.3 is 24.6 Å². The highest BCUT2D eigenvalue weighted by molar-refractivity contribution is 4.57. The molecule has 1 unspecified atom stereocenters. The van der Waals surface area contributed by atoms with Crippen molar-refractivity contribution in [2.24, 2.45) is 0 Å². The van der Waals surface area contributed by atoms with Gasteiger partial charge in [-0.15, -0.1) is 0 Å². The smallest absolute Gasteiger partial charge is 0.0897 e. The maximum atomic E-state index is 9.48. The first-order chi connectivity index (χ1) is 7.81. The van der Waals surface area contributed by atoms with E-state index in [1.807, 2.05) is 0 Å². The summed E-state index contributed by atoms with van der Waals surface area (Å²) in [6.45, 7) is 6.23. The lowest BCUT2D eigenvalue weighted by Crippen LogP contribution is -2.32. The van der Waals surface area contributed by atoms with Crippen molar-refractivity contribution in [1.29, 1.82) is 0 Å². The van der Waals surface area contributed by atoms with Crippen LogP contribution in [0, 0.1) is 0 Å². The van der Waals surface area contributed by atoms with Crippen LogP contribution in [0.1, 0.15) is 13.3 Å². The fourth-order valence-electron chi connectivity index (χ4n) is 1.09. The third-order valence-corrected chi connectivity index (χ3v) is 1.89. The van der Waals surface area contributed by atoms with Crippen LogP contribution < -0.4 is 5.32 Å². The van der Waals surface area contributed by atoms with Crippen LogP contribution in [-0.2, 0) is 14.2 Å². The maximum absolute atomic E-state index is 9.48. The Morgan fingerprint density at radius 2 is 1.88 bits per heavy atom. The van der Waals surface area contributed by atoms with E-state index in [2.05, 4.69) is 12.2 Å². The number of aliphatic hydroxyl groups is 1. The Bertz CT molecular complexity index is 135. The van der Waals surface area contributed by atoms with E-state index in [0.29, 0.717) is 33.0 Å². The fraction of sp³-hybridized carbons (Fsp3) is 1.00. The van der Waals surface area contributed by atoms with Crippen LogP contribution in [0.4, 0.5) is 0 Å². The molecule has 0 aromatic carbocycles. The molecule has 5 nitrogen and oxygen atoms in total. The molecule has 0 aliphatic rings. The summed E-state index contributed by atoms with van der Waals surface area (Å²) in [7, 11) is 1.65. The Balaban J connectivity index is 3.08. The van der Waals surface area contributed by atoms with Gasteiger partial charge in [-0.25, -0.2) is 0 Å². The highest BCUT2D eigenvalue weighted by atomic mass is 16.5. The third-order valence-electron chi connectivity index (χ3n) is 1.89. The summed E-state index contributed by atoms with van der Waals surface area (Å²) in [5, 5.41) is 12.5. The molecule has 0 aliphatic heterocycles. The van der Waals surface area contributed by atoms with Gasteiger partial charge in [0.05, 0.1) is 32.5 Å². The van der Waals surface area contributed by atoms with E-state index in [1.54, 1.807) is 7.11 Å². The highest BCUT2D eigenvalue weighted by Gasteiger charge is 2.02. The first-order valence-corrected chi connectivity index (χ1v) is 5.84. The molecule has 98 valence electrons. The standard InChI is InChI=1S/C11H25NO4/c1-3-5-15-7-8-16-10-11(13)9-12-4-6-14-2/h11-13H,3-10H2,1-2H3. The molecular formula is C11H25NO4. The van der Waals surface area contributed by atoms with Crippen LogP contribution in [-0.4, -0.2) is 64.4 Å². The second-order valence-corrected chi connectivity index (χ2v) is 3.54. The first kappa shape index (κ1) is 15.8. The summed E-state index contributed by atoms with van der Waals surface area (Å²) >= 11 is 0. The van der Waals surface area contributed by atoms with E-state index >= 15 is 0 Å². The van der Waals surface area contributed by atoms with E-state index in [4.69, 9.17) is 14.2 Å². The van der Waals surface area contributed by atoms with Crippen LogP contribution in [0.3, 0.4) is 0 Å². The molecule has 0 aliphatic carbocycles. The number of hydrogen-bond acceptors (Lipinski definition) is 5. The zero-order chi connectivity index (χ0) is 12.1. The van der Waals surface area contributed by atoms with E-state index in [1.165, 1.54) is 0 Å². The van der Waals surface area contributed by atoms with Crippen molar-refractivity contribution in [2.45, 2.75) is 19.4 Å². The molecule has 0 spiro atoms. The number of nitrogens with one attached hydrogen (secondary N) is 1. The van der Waals surface area contributed by atoms with Crippen LogP contribution in [0.5, 0.6) is 0 Å². The van der Waals surface area contributed by atoms with Crippen LogP contribution in [0.15, 0.2) is 0 Å². The largest absolute Gasteiger partial charge is 0.389 e. The van der Waals surface area contributed by atoms with Crippen molar-refractivity contribution in [3.63, 3.8) is 0 Å². The van der Waals surface area contributed by atoms with Gasteiger partial charge in [0.15, 0.2) is 0 Å². The van der Waals surface area contributed by atoms with Crippen molar-refractivity contribution in [3.8, 4) is 0 Å². The molecular weight excluding hydrogens is 210 g/mol. The number of methoxy groups -OCH3 is 1. The Morgan fingerprint density at radius 1 is 1.12 bits per heavy atom. The topological polar surface area (TPSA) is 60.0 Å². The molecule has 0 radical (unpaired) electrons. The van der Waals surface area contributed by atoms with Gasteiger partial charge in [-0.1, -0.05) is 6.92 Å². The molecule has 0 heterocycles. The zero-order valence-electron chi connectivity index (χ0n) is 10.4. The van der Waals surface area contributed by atoms with Gasteiger partial charge in [-0.2, -0.15) is 0 Å². The summed E-state index contributed by atoms with van der Waals surface area (Å²) in [6.07, 6.45) is 0.550. The van der Waals surface area contributed by atoms with Crippen LogP contribution >= 0.6 is 0 Å². The first-order valence-electron chi connectivity index (χ1n) is 5.84. The minimum absolute atomic E-state index is 0.343. The van der Waals surface area contributed by atoms with Crippen molar-refractivity contribution in [1.82, 2.24) is 5.32 Å². The SMILES string of the molecule is CCCOCCOCC(O)CNCCOC. The zero-order valence-corrected chi connectivity index (χ0v) is 10.4. The number of hydrogen-bond donors (Lipinski definition) is 2. The summed E-state index contributed by atoms with van der Waals surface area (Å²) in [5.74, 6) is 0. The minimum atomic E-state index is -0.469. The molecule has 0 fully saturated rings. The third kappa shape index (κ3) is 11.9. The monoisotopic (exact) mass is 235 g/mol. The predicted molar refractivity (Wildman–Crippen MR) is 62.7 cm³/mol. The molecule has 1 atom stereocenters. The Labute approximate surface area is 98.1 Å². The molecule has 0 aromatic heterocycles. The van der Waals surface area contributed by atoms with Gasteiger partial charge in [-0.3, -0.25) is 0 Å². The van der Waals surface area contributed by atoms with E-state index in [0.717, 1.165) is 19.6 Å². The lowest BCUT2D eigenvalue weighted by atomic mass is 10.4. The van der Waals surface area contributed by atoms with E-state index in [9.17, 15) is 5.11 Å². The van der Waals surface area contributed by atoms with Gasteiger partial charge in [0, 0.05) is 26.8 Å². The molecule has 0 bridgehead atoms. The summed E-state index contributed by atoms with van der Waals surface area (Å²) in [6, 6.07) is 0. The van der Waals surface area contributed by atoms with Crippen LogP contribution in [0.2, 0.25) is 0 Å². The Kier molecular flexibility index (Phi) is 12.7. The lowest BCUT2D eigenvalue weighted by Gasteiger charge is -2.12. The second-order valence-electron chi connectivity index (χ2n) is 3.54. The van der Waals surface area contributed by atoms with Gasteiger partial charge >= 0.3 is 0 Å². The maximum Gasteiger partial charge on any atom is 0.0897 e. The molecule has 0 saturated heterocycles. The highest BCUT2D eigenvalue weighted by Crippen LogP contribution is 1.86. The summed E-state index contributed by atoms with van der Waals surface area (Å²) in [5.41, 5.74) is 0. The average molecular weight is 235 g/mol. The van der Waals surface area contributed by atoms with Gasteiger partial charge in [0.1, 0.15) is 0 Å². The average Bonchev–Trinajstić information content (AvgIpc) is 2.29. The number of ether oxygens (including phenoxy) is 3. The molecule has 0 amide bonds. The molecule has 2 N–H and O–H groups in total. The molecule has 0 saturated carbocycles. The summed E-state index contributed by atoms with van der Waals surface area (Å²) < 4.78 is 15.4. The van der Waals surface area contributed by atoms with Crippen LogP contribution in [0.25, 0.3) is 0 Å². The quantitative estimate of drug-likeness (QED) is 0.467. The molecule has 5 heteroatoms. The molecule has 16 heavy (non-hydrogen) atoms.